The molecule has 0 radical (unpaired) electrons. The Hall–Kier alpha value is -2.96. The van der Waals surface area contributed by atoms with Crippen molar-refractivity contribution in [2.75, 3.05) is 7.05 Å². The zero-order chi connectivity index (χ0) is 18.7. The van der Waals surface area contributed by atoms with E-state index in [1.54, 1.807) is 30.5 Å². The van der Waals surface area contributed by atoms with Gasteiger partial charge in [0.2, 0.25) is 0 Å². The maximum absolute atomic E-state index is 12.6. The van der Waals surface area contributed by atoms with E-state index in [9.17, 15) is 4.79 Å². The number of aromatic amines is 1. The molecule has 0 saturated carbocycles. The lowest BCUT2D eigenvalue weighted by molar-refractivity contribution is 0.197. The summed E-state index contributed by atoms with van der Waals surface area (Å²) in [5.74, 6) is 0.951. The summed E-state index contributed by atoms with van der Waals surface area (Å²) in [5.41, 5.74) is 3.79. The van der Waals surface area contributed by atoms with Crippen LogP contribution in [0.4, 0.5) is 4.79 Å². The van der Waals surface area contributed by atoms with E-state index in [1.807, 2.05) is 19.1 Å². The summed E-state index contributed by atoms with van der Waals surface area (Å²) < 4.78 is 0. The molecule has 0 bridgehead atoms. The number of aromatic nitrogens is 4. The normalized spacial score (nSPS) is 12.3. The largest absolute Gasteiger partial charge is 0.340 e. The van der Waals surface area contributed by atoms with Crippen molar-refractivity contribution in [2.24, 2.45) is 5.92 Å². The number of hydrogen-bond acceptors (Lipinski definition) is 4. The minimum Gasteiger partial charge on any atom is -0.340 e. The molecule has 7 heteroatoms. The average Bonchev–Trinajstić information content (AvgIpc) is 3.02. The summed E-state index contributed by atoms with van der Waals surface area (Å²) in [4.78, 5) is 30.5. The molecular weight excluding hydrogens is 328 g/mol. The summed E-state index contributed by atoms with van der Waals surface area (Å²) in [6.07, 6.45) is 4.89. The Morgan fingerprint density at radius 1 is 1.31 bits per heavy atom. The maximum atomic E-state index is 12.6. The van der Waals surface area contributed by atoms with Gasteiger partial charge in [0.05, 0.1) is 35.5 Å². The lowest BCUT2D eigenvalue weighted by Crippen LogP contribution is -2.41. The molecule has 3 aromatic rings. The van der Waals surface area contributed by atoms with Gasteiger partial charge in [0.1, 0.15) is 5.82 Å². The smallest absolute Gasteiger partial charge is 0.318 e. The summed E-state index contributed by atoms with van der Waals surface area (Å²) >= 11 is 0. The van der Waals surface area contributed by atoms with Gasteiger partial charge >= 0.3 is 6.03 Å². The van der Waals surface area contributed by atoms with E-state index in [0.717, 1.165) is 22.6 Å². The lowest BCUT2D eigenvalue weighted by Gasteiger charge is -2.24. The van der Waals surface area contributed by atoms with E-state index >= 15 is 0 Å². The van der Waals surface area contributed by atoms with Crippen LogP contribution in [0.5, 0.6) is 0 Å². The molecule has 2 N–H and O–H groups in total. The Labute approximate surface area is 152 Å². The molecule has 0 saturated heterocycles. The molecule has 136 valence electrons. The standard InChI is InChI=1S/C19H24N6O/c1-12(2)17(18-22-15-6-5-13(3)9-16(15)23-18)24-19(26)25(4)11-14-10-20-7-8-21-14/h5-10,12,17H,11H2,1-4H3,(H,22,23)(H,24,26)/t17-/m0/s1. The second-order valence-corrected chi connectivity index (χ2v) is 6.87. The van der Waals surface area contributed by atoms with E-state index in [-0.39, 0.29) is 18.0 Å². The Balaban J connectivity index is 1.75. The van der Waals surface area contributed by atoms with Gasteiger partial charge in [-0.1, -0.05) is 19.9 Å². The zero-order valence-electron chi connectivity index (χ0n) is 15.5. The molecule has 0 spiro atoms. The number of aryl methyl sites for hydroxylation is 1. The van der Waals surface area contributed by atoms with E-state index in [1.165, 1.54) is 5.56 Å². The van der Waals surface area contributed by atoms with E-state index < -0.39 is 0 Å². The predicted molar refractivity (Wildman–Crippen MR) is 100 cm³/mol. The molecule has 0 aliphatic heterocycles. The minimum atomic E-state index is -0.209. The molecule has 2 amide bonds. The predicted octanol–water partition coefficient (Wildman–Crippen LogP) is 3.20. The van der Waals surface area contributed by atoms with Gasteiger partial charge in [0.25, 0.3) is 0 Å². The average molecular weight is 352 g/mol. The van der Waals surface area contributed by atoms with Gasteiger partial charge in [-0.3, -0.25) is 9.97 Å². The molecule has 0 fully saturated rings. The zero-order valence-corrected chi connectivity index (χ0v) is 15.5. The first-order valence-corrected chi connectivity index (χ1v) is 8.67. The van der Waals surface area contributed by atoms with E-state index in [2.05, 4.69) is 45.2 Å². The number of rotatable bonds is 5. The Kier molecular flexibility index (Phi) is 5.16. The first-order chi connectivity index (χ1) is 12.4. The van der Waals surface area contributed by atoms with Crippen molar-refractivity contribution in [2.45, 2.75) is 33.4 Å². The Bertz CT molecular complexity index is 889. The first-order valence-electron chi connectivity index (χ1n) is 8.67. The molecule has 7 nitrogen and oxygen atoms in total. The van der Waals surface area contributed by atoms with Crippen LogP contribution in [0.3, 0.4) is 0 Å². The molecule has 2 aromatic heterocycles. The molecule has 0 aliphatic carbocycles. The van der Waals surface area contributed by atoms with Crippen LogP contribution in [0.2, 0.25) is 0 Å². The molecule has 1 atom stereocenters. The minimum absolute atomic E-state index is 0.175. The number of carbonyl (C=O) groups is 1. The second kappa shape index (κ2) is 7.51. The van der Waals surface area contributed by atoms with Crippen molar-refractivity contribution in [1.29, 1.82) is 0 Å². The number of nitrogens with zero attached hydrogens (tertiary/aromatic N) is 4. The van der Waals surface area contributed by atoms with Crippen molar-refractivity contribution >= 4 is 17.1 Å². The number of fused-ring (bicyclic) bond motifs is 1. The number of amides is 2. The van der Waals surface area contributed by atoms with Crippen LogP contribution in [-0.4, -0.2) is 37.9 Å². The summed E-state index contributed by atoms with van der Waals surface area (Å²) in [6.45, 7) is 6.56. The SMILES string of the molecule is Cc1ccc2nc([C@@H](NC(=O)N(C)Cc3cnccn3)C(C)C)[nH]c2c1. The molecule has 0 aliphatic rings. The Morgan fingerprint density at radius 2 is 2.12 bits per heavy atom. The van der Waals surface area contributed by atoms with Crippen LogP contribution in [0.1, 0.15) is 37.0 Å². The van der Waals surface area contributed by atoms with Crippen LogP contribution in [0.15, 0.2) is 36.8 Å². The highest BCUT2D eigenvalue weighted by Crippen LogP contribution is 2.23. The van der Waals surface area contributed by atoms with Crippen LogP contribution in [0, 0.1) is 12.8 Å². The van der Waals surface area contributed by atoms with Gasteiger partial charge in [0.15, 0.2) is 0 Å². The second-order valence-electron chi connectivity index (χ2n) is 6.87. The van der Waals surface area contributed by atoms with Gasteiger partial charge in [0, 0.05) is 19.4 Å². The van der Waals surface area contributed by atoms with Crippen molar-refractivity contribution in [3.05, 3.63) is 53.9 Å². The summed E-state index contributed by atoms with van der Waals surface area (Å²) in [7, 11) is 1.74. The highest BCUT2D eigenvalue weighted by atomic mass is 16.2. The molecular formula is C19H24N6O. The van der Waals surface area contributed by atoms with Crippen LogP contribution in [0.25, 0.3) is 11.0 Å². The molecule has 0 unspecified atom stereocenters. The lowest BCUT2D eigenvalue weighted by atomic mass is 10.0. The monoisotopic (exact) mass is 352 g/mol. The van der Waals surface area contributed by atoms with Crippen molar-refractivity contribution in [1.82, 2.24) is 30.2 Å². The highest BCUT2D eigenvalue weighted by Gasteiger charge is 2.23. The number of nitrogens with one attached hydrogen (secondary N) is 2. The molecule has 3 rings (SSSR count). The third kappa shape index (κ3) is 3.99. The maximum Gasteiger partial charge on any atom is 0.318 e. The van der Waals surface area contributed by atoms with Gasteiger partial charge < -0.3 is 15.2 Å². The number of imidazole rings is 1. The topological polar surface area (TPSA) is 86.8 Å². The molecule has 2 heterocycles. The molecule has 26 heavy (non-hydrogen) atoms. The number of carbonyl (C=O) groups excluding carboxylic acids is 1. The van der Waals surface area contributed by atoms with Crippen molar-refractivity contribution in [3.63, 3.8) is 0 Å². The van der Waals surface area contributed by atoms with E-state index in [0.29, 0.717) is 6.54 Å². The quantitative estimate of drug-likeness (QED) is 0.738. The highest BCUT2D eigenvalue weighted by molar-refractivity contribution is 5.77. The number of hydrogen-bond donors (Lipinski definition) is 2. The van der Waals surface area contributed by atoms with Gasteiger partial charge in [-0.15, -0.1) is 0 Å². The van der Waals surface area contributed by atoms with Gasteiger partial charge in [-0.25, -0.2) is 9.78 Å². The number of H-pyrrole nitrogens is 1. The third-order valence-corrected chi connectivity index (χ3v) is 4.26. The van der Waals surface area contributed by atoms with Gasteiger partial charge in [-0.05, 0) is 30.5 Å². The van der Waals surface area contributed by atoms with Crippen molar-refractivity contribution < 1.29 is 4.79 Å². The number of urea groups is 1. The summed E-state index contributed by atoms with van der Waals surface area (Å²) in [5, 5.41) is 3.07. The van der Waals surface area contributed by atoms with E-state index in [4.69, 9.17) is 0 Å². The fourth-order valence-corrected chi connectivity index (χ4v) is 2.81. The fraction of sp³-hybridized carbons (Fsp3) is 0.368. The first kappa shape index (κ1) is 17.8. The van der Waals surface area contributed by atoms with Crippen LogP contribution >= 0.6 is 0 Å². The van der Waals surface area contributed by atoms with Crippen LogP contribution in [-0.2, 0) is 6.54 Å². The van der Waals surface area contributed by atoms with Crippen molar-refractivity contribution in [3.8, 4) is 0 Å². The third-order valence-electron chi connectivity index (χ3n) is 4.26. The van der Waals surface area contributed by atoms with Crippen LogP contribution < -0.4 is 5.32 Å². The summed E-state index contributed by atoms with van der Waals surface area (Å²) in [6, 6.07) is 5.70. The number of benzene rings is 1. The Morgan fingerprint density at radius 3 is 2.81 bits per heavy atom. The fourth-order valence-electron chi connectivity index (χ4n) is 2.81. The molecule has 1 aromatic carbocycles. The van der Waals surface area contributed by atoms with Gasteiger partial charge in [-0.2, -0.15) is 0 Å².